The largest absolute Gasteiger partial charge is 0.316 e. The highest BCUT2D eigenvalue weighted by Gasteiger charge is 2.24. The maximum Gasteiger partial charge on any atom is 0.264 e. The van der Waals surface area contributed by atoms with Gasteiger partial charge in [0, 0.05) is 22.1 Å². The summed E-state index contributed by atoms with van der Waals surface area (Å²) in [6.07, 6.45) is 5.47. The smallest absolute Gasteiger partial charge is 0.264 e. The topological polar surface area (TPSA) is 59.3 Å². The van der Waals surface area contributed by atoms with Crippen molar-refractivity contribution < 1.29 is 4.79 Å². The molecule has 3 heterocycles. The molecular formula is C21H16BrClN4OS. The van der Waals surface area contributed by atoms with Crippen molar-refractivity contribution in [3.63, 3.8) is 0 Å². The molecule has 1 amide bonds. The van der Waals surface area contributed by atoms with Crippen LogP contribution < -0.4 is 5.32 Å². The van der Waals surface area contributed by atoms with Crippen LogP contribution in [0.4, 0.5) is 5.69 Å². The third kappa shape index (κ3) is 4.17. The van der Waals surface area contributed by atoms with Gasteiger partial charge in [0.2, 0.25) is 0 Å². The van der Waals surface area contributed by atoms with E-state index in [1.165, 1.54) is 11.8 Å². The van der Waals surface area contributed by atoms with Crippen LogP contribution in [0.15, 0.2) is 63.2 Å². The maximum atomic E-state index is 12.4. The second kappa shape index (κ2) is 8.18. The maximum absolute atomic E-state index is 12.4. The Kier molecular flexibility index (Phi) is 5.63. The number of hydrogen-bond donors (Lipinski definition) is 1. The highest BCUT2D eigenvalue weighted by molar-refractivity contribution is 9.10. The van der Waals surface area contributed by atoms with E-state index < -0.39 is 0 Å². The first-order valence-corrected chi connectivity index (χ1v) is 10.7. The Morgan fingerprint density at radius 3 is 2.83 bits per heavy atom. The quantitative estimate of drug-likeness (QED) is 0.475. The summed E-state index contributed by atoms with van der Waals surface area (Å²) in [6, 6.07) is 11.4. The number of benzene rings is 1. The summed E-state index contributed by atoms with van der Waals surface area (Å²) in [4.78, 5) is 21.7. The van der Waals surface area contributed by atoms with Crippen LogP contribution in [0.2, 0.25) is 5.02 Å². The molecule has 0 radical (unpaired) electrons. The highest BCUT2D eigenvalue weighted by Crippen LogP contribution is 2.32. The first-order valence-electron chi connectivity index (χ1n) is 8.76. The zero-order valence-corrected chi connectivity index (χ0v) is 18.8. The molecule has 0 bridgehead atoms. The van der Waals surface area contributed by atoms with E-state index in [1.54, 1.807) is 12.3 Å². The Bertz CT molecular complexity index is 1170. The van der Waals surface area contributed by atoms with E-state index in [-0.39, 0.29) is 5.91 Å². The van der Waals surface area contributed by atoms with Crippen LogP contribution in [-0.4, -0.2) is 20.6 Å². The summed E-state index contributed by atoms with van der Waals surface area (Å²) in [5, 5.41) is 3.91. The number of nitrogens with zero attached hydrogens (tertiary/aromatic N) is 3. The molecule has 3 aromatic rings. The minimum atomic E-state index is -0.164. The predicted molar refractivity (Wildman–Crippen MR) is 123 cm³/mol. The molecule has 5 nitrogen and oxygen atoms in total. The van der Waals surface area contributed by atoms with Gasteiger partial charge in [0.05, 0.1) is 27.5 Å². The van der Waals surface area contributed by atoms with Crippen LogP contribution in [0.5, 0.6) is 0 Å². The number of aliphatic imine (C=N–C) groups is 1. The number of pyridine rings is 1. The lowest BCUT2D eigenvalue weighted by Gasteiger charge is -2.08. The molecule has 2 aromatic heterocycles. The molecule has 4 rings (SSSR count). The van der Waals surface area contributed by atoms with Gasteiger partial charge in [-0.1, -0.05) is 11.6 Å². The average molecular weight is 488 g/mol. The summed E-state index contributed by atoms with van der Waals surface area (Å²) in [5.41, 5.74) is 4.77. The van der Waals surface area contributed by atoms with E-state index in [2.05, 4.69) is 41.9 Å². The van der Waals surface area contributed by atoms with E-state index in [4.69, 9.17) is 11.6 Å². The molecule has 1 aromatic carbocycles. The first kappa shape index (κ1) is 19.9. The Balaban J connectivity index is 1.63. The molecule has 1 aliphatic heterocycles. The Morgan fingerprint density at radius 1 is 1.28 bits per heavy atom. The van der Waals surface area contributed by atoms with E-state index in [9.17, 15) is 4.79 Å². The Hall–Kier alpha value is -2.35. The van der Waals surface area contributed by atoms with Gasteiger partial charge in [-0.2, -0.15) is 0 Å². The number of amidine groups is 1. The minimum absolute atomic E-state index is 0.164. The molecule has 0 atom stereocenters. The number of hydrogen-bond acceptors (Lipinski definition) is 4. The number of thioether (sulfide) groups is 1. The van der Waals surface area contributed by atoms with Gasteiger partial charge in [0.1, 0.15) is 0 Å². The van der Waals surface area contributed by atoms with Gasteiger partial charge in [0.15, 0.2) is 5.17 Å². The lowest BCUT2D eigenvalue weighted by molar-refractivity contribution is -0.115. The van der Waals surface area contributed by atoms with Crippen molar-refractivity contribution in [1.82, 2.24) is 14.9 Å². The number of carbonyl (C=O) groups excluding carboxylic acids is 1. The predicted octanol–water partition coefficient (Wildman–Crippen LogP) is 5.80. The average Bonchev–Trinajstić information content (AvgIpc) is 3.17. The summed E-state index contributed by atoms with van der Waals surface area (Å²) in [5.74, 6) is -0.164. The monoisotopic (exact) mass is 486 g/mol. The van der Waals surface area contributed by atoms with Crippen LogP contribution in [0.25, 0.3) is 11.8 Å². The van der Waals surface area contributed by atoms with Gasteiger partial charge in [-0.25, -0.2) is 4.99 Å². The fourth-order valence-electron chi connectivity index (χ4n) is 3.11. The number of aromatic nitrogens is 2. The van der Waals surface area contributed by atoms with Gasteiger partial charge in [-0.05, 0) is 89.6 Å². The fourth-order valence-corrected chi connectivity index (χ4v) is 4.36. The summed E-state index contributed by atoms with van der Waals surface area (Å²) in [6.45, 7) is 4.07. The standard InChI is InChI=1S/C21H16BrClN4OS/c1-12-8-14(13(2)27(12)16-4-3-7-24-11-16)9-19-20(28)26-21(29-19)25-15-5-6-17(22)18(23)10-15/h3-11H,1-2H3,(H,25,26,28)/b19-9-. The third-order valence-corrected chi connectivity index (χ3v) is 6.59. The van der Waals surface area contributed by atoms with Crippen molar-refractivity contribution in [2.45, 2.75) is 13.8 Å². The summed E-state index contributed by atoms with van der Waals surface area (Å²) < 4.78 is 2.92. The van der Waals surface area contributed by atoms with Gasteiger partial charge in [0.25, 0.3) is 5.91 Å². The van der Waals surface area contributed by atoms with Gasteiger partial charge in [-0.3, -0.25) is 9.78 Å². The lowest BCUT2D eigenvalue weighted by Crippen LogP contribution is -2.19. The number of aryl methyl sites for hydroxylation is 1. The third-order valence-electron chi connectivity index (χ3n) is 4.45. The number of nitrogens with one attached hydrogen (secondary N) is 1. The van der Waals surface area contributed by atoms with Crippen LogP contribution in [-0.2, 0) is 4.79 Å². The molecule has 29 heavy (non-hydrogen) atoms. The Labute approximate surface area is 186 Å². The van der Waals surface area contributed by atoms with Crippen molar-refractivity contribution in [3.05, 3.63) is 80.1 Å². The molecule has 0 aliphatic carbocycles. The second-order valence-electron chi connectivity index (χ2n) is 6.45. The van der Waals surface area contributed by atoms with Crippen molar-refractivity contribution in [1.29, 1.82) is 0 Å². The van der Waals surface area contributed by atoms with Crippen molar-refractivity contribution in [2.75, 3.05) is 0 Å². The molecule has 0 spiro atoms. The molecule has 1 fully saturated rings. The van der Waals surface area contributed by atoms with Crippen molar-refractivity contribution in [3.8, 4) is 5.69 Å². The van der Waals surface area contributed by atoms with E-state index in [1.807, 2.05) is 50.4 Å². The highest BCUT2D eigenvalue weighted by atomic mass is 79.9. The fraction of sp³-hybridized carbons (Fsp3) is 0.0952. The zero-order chi connectivity index (χ0) is 20.5. The minimum Gasteiger partial charge on any atom is -0.316 e. The van der Waals surface area contributed by atoms with Crippen LogP contribution in [0.3, 0.4) is 0 Å². The van der Waals surface area contributed by atoms with Gasteiger partial charge < -0.3 is 9.88 Å². The van der Waals surface area contributed by atoms with Crippen LogP contribution in [0.1, 0.15) is 17.0 Å². The molecular weight excluding hydrogens is 472 g/mol. The van der Waals surface area contributed by atoms with E-state index in [0.717, 1.165) is 27.1 Å². The van der Waals surface area contributed by atoms with Crippen LogP contribution >= 0.6 is 39.3 Å². The van der Waals surface area contributed by atoms with Gasteiger partial charge >= 0.3 is 0 Å². The molecule has 8 heteroatoms. The van der Waals surface area contributed by atoms with E-state index >= 15 is 0 Å². The lowest BCUT2D eigenvalue weighted by atomic mass is 10.2. The van der Waals surface area contributed by atoms with Crippen molar-refractivity contribution in [2.24, 2.45) is 4.99 Å². The molecule has 1 aliphatic rings. The van der Waals surface area contributed by atoms with Crippen molar-refractivity contribution >= 4 is 62.1 Å². The Morgan fingerprint density at radius 2 is 2.10 bits per heavy atom. The summed E-state index contributed by atoms with van der Waals surface area (Å²) in [7, 11) is 0. The van der Waals surface area contributed by atoms with E-state index in [0.29, 0.717) is 20.8 Å². The number of halogens is 2. The second-order valence-corrected chi connectivity index (χ2v) is 8.75. The molecule has 1 N–H and O–H groups in total. The number of carbonyl (C=O) groups is 1. The van der Waals surface area contributed by atoms with Gasteiger partial charge in [-0.15, -0.1) is 0 Å². The zero-order valence-electron chi connectivity index (χ0n) is 15.6. The number of amides is 1. The number of rotatable bonds is 3. The molecule has 0 saturated carbocycles. The first-order chi connectivity index (χ1) is 13.9. The van der Waals surface area contributed by atoms with Crippen LogP contribution in [0, 0.1) is 13.8 Å². The molecule has 1 saturated heterocycles. The SMILES string of the molecule is Cc1cc(/C=C2\SC(=Nc3ccc(Br)c(Cl)c3)NC2=O)c(C)n1-c1cccnc1. The summed E-state index contributed by atoms with van der Waals surface area (Å²) >= 11 is 10.8. The normalized spacial score (nSPS) is 16.6. The molecule has 146 valence electrons. The molecule has 0 unspecified atom stereocenters.